The molecule has 0 aliphatic heterocycles. The Kier molecular flexibility index (Phi) is 4.97. The average molecular weight is 458 g/mol. The van der Waals surface area contributed by atoms with E-state index in [0.717, 1.165) is 0 Å². The van der Waals surface area contributed by atoms with Crippen molar-refractivity contribution in [3.05, 3.63) is 45.7 Å². The first kappa shape index (κ1) is 23.0. The molecule has 1 fully saturated rings. The summed E-state index contributed by atoms with van der Waals surface area (Å²) < 4.78 is 0. The number of carbonyl (C=O) groups is 3. The summed E-state index contributed by atoms with van der Waals surface area (Å²) in [7, 11) is 2.93. The first-order valence-corrected chi connectivity index (χ1v) is 10.4. The summed E-state index contributed by atoms with van der Waals surface area (Å²) in [5.41, 5.74) is 2.19. The van der Waals surface area contributed by atoms with Gasteiger partial charge in [0.15, 0.2) is 11.4 Å². The minimum absolute atomic E-state index is 0.0170. The number of aryl methyl sites for hydroxylation is 1. The number of phenols is 1. The van der Waals surface area contributed by atoms with Crippen molar-refractivity contribution < 1.29 is 39.9 Å². The van der Waals surface area contributed by atoms with E-state index in [1.54, 1.807) is 19.9 Å². The number of nitrogens with two attached hydrogens (primary N) is 1. The van der Waals surface area contributed by atoms with E-state index in [9.17, 15) is 39.9 Å². The molecule has 0 bridgehead atoms. The summed E-state index contributed by atoms with van der Waals surface area (Å²) in [6.07, 6.45) is -1.59. The van der Waals surface area contributed by atoms with Gasteiger partial charge in [-0.05, 0) is 44.1 Å². The van der Waals surface area contributed by atoms with E-state index in [0.29, 0.717) is 11.1 Å². The molecule has 176 valence electrons. The van der Waals surface area contributed by atoms with Crippen LogP contribution in [0.25, 0.3) is 5.76 Å². The van der Waals surface area contributed by atoms with Gasteiger partial charge >= 0.3 is 0 Å². The number of amides is 1. The second-order valence-electron chi connectivity index (χ2n) is 9.30. The van der Waals surface area contributed by atoms with E-state index in [-0.39, 0.29) is 11.3 Å². The molecule has 2 unspecified atom stereocenters. The minimum Gasteiger partial charge on any atom is -0.508 e. The molecule has 0 aromatic heterocycles. The molecule has 4 rings (SSSR count). The Morgan fingerprint density at radius 2 is 1.76 bits per heavy atom. The van der Waals surface area contributed by atoms with Crippen LogP contribution < -0.4 is 5.73 Å². The van der Waals surface area contributed by atoms with Gasteiger partial charge in [-0.15, -0.1) is 0 Å². The molecule has 1 aromatic rings. The quantitative estimate of drug-likeness (QED) is 0.327. The van der Waals surface area contributed by atoms with Crippen molar-refractivity contribution in [2.24, 2.45) is 17.6 Å². The van der Waals surface area contributed by atoms with Crippen LogP contribution in [-0.2, 0) is 14.4 Å². The van der Waals surface area contributed by atoms with Crippen LogP contribution in [0.2, 0.25) is 0 Å². The number of primary amides is 1. The van der Waals surface area contributed by atoms with Crippen LogP contribution in [0.4, 0.5) is 0 Å². The van der Waals surface area contributed by atoms with Gasteiger partial charge in [-0.1, -0.05) is 13.0 Å². The molecule has 10 heteroatoms. The topological polar surface area (TPSA) is 182 Å². The molecule has 7 N–H and O–H groups in total. The van der Waals surface area contributed by atoms with E-state index in [1.807, 2.05) is 0 Å². The Bertz CT molecular complexity index is 1180. The van der Waals surface area contributed by atoms with E-state index >= 15 is 0 Å². The molecule has 0 radical (unpaired) electrons. The van der Waals surface area contributed by atoms with E-state index in [1.165, 1.54) is 25.1 Å². The van der Waals surface area contributed by atoms with Gasteiger partial charge in [-0.2, -0.15) is 0 Å². The van der Waals surface area contributed by atoms with Crippen molar-refractivity contribution in [2.45, 2.75) is 37.5 Å². The Morgan fingerprint density at radius 1 is 1.15 bits per heavy atom. The molecule has 1 aromatic carbocycles. The molecule has 3 aliphatic rings. The number of nitrogens with zero attached hydrogens (tertiary/aromatic N) is 1. The average Bonchev–Trinajstić information content (AvgIpc) is 2.70. The largest absolute Gasteiger partial charge is 0.508 e. The Morgan fingerprint density at radius 3 is 2.30 bits per heavy atom. The molecular formula is C23H26N2O8. The molecule has 3 aliphatic carbocycles. The summed E-state index contributed by atoms with van der Waals surface area (Å²) in [6.45, 7) is 3.43. The fourth-order valence-corrected chi connectivity index (χ4v) is 5.79. The van der Waals surface area contributed by atoms with Crippen LogP contribution in [0.15, 0.2) is 29.0 Å². The number of hydrogen-bond acceptors (Lipinski definition) is 9. The van der Waals surface area contributed by atoms with Crippen molar-refractivity contribution in [1.82, 2.24) is 4.90 Å². The van der Waals surface area contributed by atoms with E-state index in [2.05, 4.69) is 0 Å². The zero-order chi connectivity index (χ0) is 24.7. The number of fused-ring (bicyclic) bond motifs is 3. The number of aliphatic hydroxyl groups is 4. The molecule has 0 heterocycles. The number of ketones is 2. The number of aliphatic hydroxyl groups excluding tert-OH is 3. The zero-order valence-corrected chi connectivity index (χ0v) is 18.5. The smallest absolute Gasteiger partial charge is 0.255 e. The Balaban J connectivity index is 2.07. The third-order valence-corrected chi connectivity index (χ3v) is 7.21. The molecule has 6 atom stereocenters. The third-order valence-electron chi connectivity index (χ3n) is 7.21. The van der Waals surface area contributed by atoms with Gasteiger partial charge < -0.3 is 31.3 Å². The van der Waals surface area contributed by atoms with Gasteiger partial charge in [0.2, 0.25) is 5.78 Å². The number of aromatic hydroxyl groups is 1. The second-order valence-corrected chi connectivity index (χ2v) is 9.30. The Hall–Kier alpha value is -3.21. The van der Waals surface area contributed by atoms with Crippen LogP contribution in [-0.4, -0.2) is 79.7 Å². The van der Waals surface area contributed by atoms with E-state index in [4.69, 9.17) is 5.73 Å². The summed E-state index contributed by atoms with van der Waals surface area (Å²) in [6, 6.07) is 1.74. The van der Waals surface area contributed by atoms with Crippen LogP contribution in [0.5, 0.6) is 5.75 Å². The number of likely N-dealkylation sites (N-methyl/N-ethyl adjacent to an activating group) is 1. The van der Waals surface area contributed by atoms with Crippen LogP contribution in [0.1, 0.15) is 29.5 Å². The maximum absolute atomic E-state index is 13.7. The first-order valence-electron chi connectivity index (χ1n) is 10.4. The minimum atomic E-state index is -2.90. The summed E-state index contributed by atoms with van der Waals surface area (Å²) in [5.74, 6) is -8.86. The number of carbonyl (C=O) groups excluding carboxylic acids is 3. The van der Waals surface area contributed by atoms with Crippen molar-refractivity contribution in [3.63, 3.8) is 0 Å². The van der Waals surface area contributed by atoms with Gasteiger partial charge in [0.05, 0.1) is 23.6 Å². The lowest BCUT2D eigenvalue weighted by Crippen LogP contribution is -2.70. The van der Waals surface area contributed by atoms with Crippen molar-refractivity contribution in [3.8, 4) is 5.75 Å². The number of Topliss-reactive ketones (excluding diaryl/α,β-unsaturated/α-hetero) is 2. The van der Waals surface area contributed by atoms with Gasteiger partial charge in [-0.3, -0.25) is 19.3 Å². The van der Waals surface area contributed by atoms with Crippen LogP contribution in [0.3, 0.4) is 0 Å². The lowest BCUT2D eigenvalue weighted by atomic mass is 9.54. The molecule has 0 spiro atoms. The number of phenolic OH excluding ortho intramolecular Hbond substituents is 1. The summed E-state index contributed by atoms with van der Waals surface area (Å²) in [4.78, 5) is 40.1. The van der Waals surface area contributed by atoms with Crippen molar-refractivity contribution in [2.75, 3.05) is 14.1 Å². The molecule has 10 nitrogen and oxygen atoms in total. The van der Waals surface area contributed by atoms with Gasteiger partial charge in [-0.25, -0.2) is 0 Å². The molecule has 1 saturated carbocycles. The number of benzene rings is 1. The molecule has 1 amide bonds. The van der Waals surface area contributed by atoms with Gasteiger partial charge in [0.1, 0.15) is 22.8 Å². The lowest BCUT2D eigenvalue weighted by molar-refractivity contribution is -0.169. The highest BCUT2D eigenvalue weighted by Gasteiger charge is 2.68. The third kappa shape index (κ3) is 2.74. The predicted octanol–water partition coefficient (Wildman–Crippen LogP) is -0.196. The number of rotatable bonds is 2. The summed E-state index contributed by atoms with van der Waals surface area (Å²) in [5, 5.41) is 55.3. The highest BCUT2D eigenvalue weighted by atomic mass is 16.4. The van der Waals surface area contributed by atoms with Crippen molar-refractivity contribution in [1.29, 1.82) is 0 Å². The van der Waals surface area contributed by atoms with E-state index < -0.39 is 75.6 Å². The highest BCUT2D eigenvalue weighted by molar-refractivity contribution is 6.24. The van der Waals surface area contributed by atoms with Crippen LogP contribution >= 0.6 is 0 Å². The monoisotopic (exact) mass is 458 g/mol. The highest BCUT2D eigenvalue weighted by Crippen LogP contribution is 2.56. The first-order chi connectivity index (χ1) is 15.3. The fourth-order valence-electron chi connectivity index (χ4n) is 5.79. The Labute approximate surface area is 189 Å². The standard InChI is InChI=1S/C23H26N2O8/c1-7-5-9-8(2)11-13(17(27)12(9)10(26)6-7)20(30)23(33)15(18(11)28)16(25(3)4)19(29)14(21(23)31)22(24)32/h5-6,8,11,15-16,18,26-28,31,33H,1-4H3,(H2,24,32)/t8-,11?,15?,16-,18-,23-/m0/s1. The second kappa shape index (κ2) is 7.14. The van der Waals surface area contributed by atoms with Gasteiger partial charge in [0, 0.05) is 11.5 Å². The molecular weight excluding hydrogens is 432 g/mol. The lowest BCUT2D eigenvalue weighted by Gasteiger charge is -2.53. The number of hydrogen-bond donors (Lipinski definition) is 6. The maximum Gasteiger partial charge on any atom is 0.255 e. The van der Waals surface area contributed by atoms with Crippen molar-refractivity contribution >= 4 is 23.2 Å². The molecule has 33 heavy (non-hydrogen) atoms. The normalized spacial score (nSPS) is 33.7. The zero-order valence-electron chi connectivity index (χ0n) is 18.5. The summed E-state index contributed by atoms with van der Waals surface area (Å²) >= 11 is 0. The van der Waals surface area contributed by atoms with Crippen LogP contribution in [0, 0.1) is 18.8 Å². The predicted molar refractivity (Wildman–Crippen MR) is 115 cm³/mol. The maximum atomic E-state index is 13.7. The van der Waals surface area contributed by atoms with Gasteiger partial charge in [0.25, 0.3) is 5.91 Å². The fraction of sp³-hybridized carbons (Fsp3) is 0.435. The molecule has 0 saturated heterocycles. The SMILES string of the molecule is Cc1cc(O)c2c(c1)[C@H](C)C1C(=C2O)C(=O)[C@]2(O)C(O)=C(C(N)=O)C(=O)[C@@H](N(C)C)C2[C@H]1O.